The zero-order chi connectivity index (χ0) is 20.5. The molecule has 0 spiro atoms. The third-order valence-electron chi connectivity index (χ3n) is 4.94. The number of Topliss-reactive ketones (excluding diaryl/α,β-unsaturated/α-hetero) is 1. The lowest BCUT2D eigenvalue weighted by Gasteiger charge is -2.22. The van der Waals surface area contributed by atoms with Crippen LogP contribution in [0.2, 0.25) is 5.02 Å². The summed E-state index contributed by atoms with van der Waals surface area (Å²) in [6.07, 6.45) is 2.37. The summed E-state index contributed by atoms with van der Waals surface area (Å²) in [5.41, 5.74) is 2.94. The maximum Gasteiger partial charge on any atom is 0.234 e. The fourth-order valence-electron chi connectivity index (χ4n) is 3.48. The van der Waals surface area contributed by atoms with E-state index in [1.807, 2.05) is 6.07 Å². The number of para-hydroxylation sites is 1. The molecule has 0 radical (unpaired) electrons. The van der Waals surface area contributed by atoms with E-state index in [0.29, 0.717) is 39.5 Å². The Hall–Kier alpha value is -3.32. The second-order valence-corrected chi connectivity index (χ2v) is 7.21. The number of piperidine rings is 1. The Kier molecular flexibility index (Phi) is 4.98. The topological polar surface area (TPSA) is 94.0 Å². The van der Waals surface area contributed by atoms with Gasteiger partial charge in [-0.15, -0.1) is 5.10 Å². The van der Waals surface area contributed by atoms with E-state index in [1.165, 1.54) is 11.6 Å². The molecule has 8 heteroatoms. The van der Waals surface area contributed by atoms with Crippen LogP contribution in [0.25, 0.3) is 16.9 Å². The summed E-state index contributed by atoms with van der Waals surface area (Å²) in [5.74, 6) is -1.19. The molecule has 0 saturated carbocycles. The minimum absolute atomic E-state index is 0.0736. The van der Waals surface area contributed by atoms with Crippen molar-refractivity contribution in [2.24, 2.45) is 0 Å². The van der Waals surface area contributed by atoms with Crippen molar-refractivity contribution >= 4 is 29.2 Å². The number of carbonyl (C=O) groups is 3. The number of hydrogen-bond donors (Lipinski definition) is 1. The molecule has 1 saturated heterocycles. The van der Waals surface area contributed by atoms with Gasteiger partial charge in [0.05, 0.1) is 22.8 Å². The van der Waals surface area contributed by atoms with Gasteiger partial charge in [-0.1, -0.05) is 47.1 Å². The first-order valence-corrected chi connectivity index (χ1v) is 9.48. The molecule has 1 aromatic heterocycles. The van der Waals surface area contributed by atoms with Crippen molar-refractivity contribution in [2.45, 2.75) is 25.7 Å². The van der Waals surface area contributed by atoms with Crippen LogP contribution in [0.3, 0.4) is 0 Å². The van der Waals surface area contributed by atoms with Gasteiger partial charge in [0.2, 0.25) is 11.8 Å². The highest BCUT2D eigenvalue weighted by Gasteiger charge is 2.30. The van der Waals surface area contributed by atoms with E-state index in [9.17, 15) is 14.4 Å². The Labute approximate surface area is 171 Å². The van der Waals surface area contributed by atoms with Gasteiger partial charge in [-0.25, -0.2) is 4.68 Å². The molecule has 7 nitrogen and oxygen atoms in total. The van der Waals surface area contributed by atoms with E-state index in [1.54, 1.807) is 42.6 Å². The predicted molar refractivity (Wildman–Crippen MR) is 107 cm³/mol. The zero-order valence-corrected chi connectivity index (χ0v) is 16.3. The molecule has 2 heterocycles. The molecule has 1 N–H and O–H groups in total. The first kappa shape index (κ1) is 19.0. The maximum atomic E-state index is 12.2. The molecule has 1 unspecified atom stereocenters. The van der Waals surface area contributed by atoms with Gasteiger partial charge in [0.15, 0.2) is 5.78 Å². The number of hydrogen-bond acceptors (Lipinski definition) is 5. The Bertz CT molecular complexity index is 1140. The first-order chi connectivity index (χ1) is 14.0. The Morgan fingerprint density at radius 3 is 2.72 bits per heavy atom. The highest BCUT2D eigenvalue weighted by Crippen LogP contribution is 2.36. The minimum Gasteiger partial charge on any atom is -0.296 e. The summed E-state index contributed by atoms with van der Waals surface area (Å²) in [6, 6.07) is 12.5. The number of nitrogens with one attached hydrogen (secondary N) is 1. The number of ketones is 1. The number of amides is 2. The van der Waals surface area contributed by atoms with Crippen LogP contribution in [0, 0.1) is 0 Å². The molecular formula is C21H17ClN4O3. The summed E-state index contributed by atoms with van der Waals surface area (Å²) < 4.78 is 1.53. The molecule has 1 atom stereocenters. The fourth-order valence-corrected chi connectivity index (χ4v) is 3.84. The molecule has 3 aromatic rings. The molecule has 29 heavy (non-hydrogen) atoms. The Balaban J connectivity index is 1.72. The molecule has 2 aromatic carbocycles. The summed E-state index contributed by atoms with van der Waals surface area (Å²) >= 11 is 6.62. The monoisotopic (exact) mass is 408 g/mol. The van der Waals surface area contributed by atoms with Crippen molar-refractivity contribution in [3.05, 3.63) is 64.8 Å². The van der Waals surface area contributed by atoms with Gasteiger partial charge in [-0.05, 0) is 31.0 Å². The van der Waals surface area contributed by atoms with Gasteiger partial charge >= 0.3 is 0 Å². The summed E-state index contributed by atoms with van der Waals surface area (Å²) in [4.78, 5) is 35.6. The molecule has 1 aliphatic rings. The van der Waals surface area contributed by atoms with Crippen LogP contribution in [-0.4, -0.2) is 32.6 Å². The van der Waals surface area contributed by atoms with E-state index in [0.717, 1.165) is 0 Å². The summed E-state index contributed by atoms with van der Waals surface area (Å²) in [6.45, 7) is 1.50. The molecule has 0 bridgehead atoms. The lowest BCUT2D eigenvalue weighted by Crippen LogP contribution is -2.39. The summed E-state index contributed by atoms with van der Waals surface area (Å²) in [5, 5.41) is 11.1. The van der Waals surface area contributed by atoms with Crippen LogP contribution in [-0.2, 0) is 9.59 Å². The van der Waals surface area contributed by atoms with Crippen LogP contribution >= 0.6 is 11.6 Å². The van der Waals surface area contributed by atoms with Crippen LogP contribution < -0.4 is 5.32 Å². The maximum absolute atomic E-state index is 12.2. The highest BCUT2D eigenvalue weighted by atomic mass is 35.5. The van der Waals surface area contributed by atoms with Gasteiger partial charge < -0.3 is 0 Å². The molecule has 0 aliphatic carbocycles. The Morgan fingerprint density at radius 2 is 1.97 bits per heavy atom. The number of rotatable bonds is 4. The van der Waals surface area contributed by atoms with E-state index >= 15 is 0 Å². The summed E-state index contributed by atoms with van der Waals surface area (Å²) in [7, 11) is 0. The number of aromatic nitrogens is 3. The van der Waals surface area contributed by atoms with Crippen LogP contribution in [0.1, 0.15) is 41.6 Å². The fraction of sp³-hybridized carbons (Fsp3) is 0.190. The number of nitrogens with zero attached hydrogens (tertiary/aromatic N) is 3. The smallest absolute Gasteiger partial charge is 0.234 e. The van der Waals surface area contributed by atoms with Gasteiger partial charge in [0.1, 0.15) is 5.69 Å². The third-order valence-corrected chi connectivity index (χ3v) is 5.36. The zero-order valence-electron chi connectivity index (χ0n) is 15.6. The van der Waals surface area contributed by atoms with E-state index < -0.39 is 5.92 Å². The standard InChI is InChI=1S/C21H17ClN4O3/c1-12(27)13-5-2-3-8-18(13)26-11-17(24-25-26)16-7-4-6-14(20(16)22)15-9-10-19(28)23-21(15)29/h2-8,11,15H,9-10H2,1H3,(H,23,28,29). The van der Waals surface area contributed by atoms with Crippen molar-refractivity contribution in [1.82, 2.24) is 20.3 Å². The van der Waals surface area contributed by atoms with Gasteiger partial charge in [0.25, 0.3) is 0 Å². The SMILES string of the molecule is CC(=O)c1ccccc1-n1cc(-c2cccc(C3CCC(=O)NC3=O)c2Cl)nn1. The number of carbonyl (C=O) groups excluding carboxylic acids is 3. The first-order valence-electron chi connectivity index (χ1n) is 9.11. The van der Waals surface area contributed by atoms with E-state index in [-0.39, 0.29) is 24.0 Å². The van der Waals surface area contributed by atoms with Crippen molar-refractivity contribution < 1.29 is 14.4 Å². The van der Waals surface area contributed by atoms with Crippen LogP contribution in [0.4, 0.5) is 0 Å². The molecule has 2 amide bonds. The predicted octanol–water partition coefficient (Wildman–Crippen LogP) is 3.31. The lowest BCUT2D eigenvalue weighted by atomic mass is 9.89. The quantitative estimate of drug-likeness (QED) is 0.528. The molecular weight excluding hydrogens is 392 g/mol. The number of benzene rings is 2. The number of halogens is 1. The lowest BCUT2D eigenvalue weighted by molar-refractivity contribution is -0.134. The van der Waals surface area contributed by atoms with E-state index in [2.05, 4.69) is 15.6 Å². The largest absolute Gasteiger partial charge is 0.296 e. The van der Waals surface area contributed by atoms with E-state index in [4.69, 9.17) is 11.6 Å². The Morgan fingerprint density at radius 1 is 1.17 bits per heavy atom. The van der Waals surface area contributed by atoms with Crippen molar-refractivity contribution in [3.8, 4) is 16.9 Å². The van der Waals surface area contributed by atoms with Crippen molar-refractivity contribution in [2.75, 3.05) is 0 Å². The van der Waals surface area contributed by atoms with Crippen molar-refractivity contribution in [1.29, 1.82) is 0 Å². The van der Waals surface area contributed by atoms with Gasteiger partial charge in [-0.2, -0.15) is 0 Å². The average Bonchev–Trinajstić information content (AvgIpc) is 3.18. The van der Waals surface area contributed by atoms with Crippen LogP contribution in [0.15, 0.2) is 48.7 Å². The van der Waals surface area contributed by atoms with Gasteiger partial charge in [-0.3, -0.25) is 19.7 Å². The third kappa shape index (κ3) is 3.56. The van der Waals surface area contributed by atoms with Crippen LogP contribution in [0.5, 0.6) is 0 Å². The second-order valence-electron chi connectivity index (χ2n) is 6.83. The minimum atomic E-state index is -0.492. The van der Waals surface area contributed by atoms with Gasteiger partial charge in [0, 0.05) is 17.5 Å². The molecule has 4 rings (SSSR count). The average molecular weight is 409 g/mol. The molecule has 146 valence electrons. The van der Waals surface area contributed by atoms with Crippen molar-refractivity contribution in [3.63, 3.8) is 0 Å². The molecule has 1 aliphatic heterocycles. The second kappa shape index (κ2) is 7.60. The normalized spacial score (nSPS) is 16.6. The number of imide groups is 1. The molecule has 1 fully saturated rings. The highest BCUT2D eigenvalue weighted by molar-refractivity contribution is 6.34.